The van der Waals surface area contributed by atoms with Crippen LogP contribution in [0.15, 0.2) is 0 Å². The Balaban J connectivity index is 2.05. The Morgan fingerprint density at radius 1 is 1.62 bits per heavy atom. The van der Waals surface area contributed by atoms with E-state index in [1.165, 1.54) is 18.0 Å². The molecule has 1 aromatic heterocycles. The van der Waals surface area contributed by atoms with E-state index in [4.69, 9.17) is 5.11 Å². The molecule has 0 aliphatic carbocycles. The van der Waals surface area contributed by atoms with E-state index in [2.05, 4.69) is 19.7 Å². The molecule has 1 unspecified atom stereocenters. The maximum absolute atomic E-state index is 8.87. The van der Waals surface area contributed by atoms with Gasteiger partial charge in [-0.25, -0.2) is 0 Å². The summed E-state index contributed by atoms with van der Waals surface area (Å²) in [6, 6.07) is 0.430. The zero-order chi connectivity index (χ0) is 9.10. The van der Waals surface area contributed by atoms with Crippen LogP contribution in [0.5, 0.6) is 0 Å². The van der Waals surface area contributed by atoms with Gasteiger partial charge in [-0.2, -0.15) is 0 Å². The first kappa shape index (κ1) is 8.83. The second-order valence-corrected chi connectivity index (χ2v) is 3.86. The minimum absolute atomic E-state index is 0.243. The van der Waals surface area contributed by atoms with Gasteiger partial charge in [0.15, 0.2) is 0 Å². The number of rotatable bonds is 3. The third-order valence-corrected chi connectivity index (χ3v) is 3.01. The largest absolute Gasteiger partial charge is 0.396 e. The lowest BCUT2D eigenvalue weighted by molar-refractivity contribution is 0.276. The van der Waals surface area contributed by atoms with Crippen molar-refractivity contribution in [2.45, 2.75) is 25.3 Å². The molecule has 2 rings (SSSR count). The molecule has 1 aliphatic heterocycles. The van der Waals surface area contributed by atoms with Crippen LogP contribution in [0, 0.1) is 0 Å². The number of hydrogen-bond donors (Lipinski definition) is 1. The minimum Gasteiger partial charge on any atom is -0.396 e. The first-order valence-corrected chi connectivity index (χ1v) is 5.21. The van der Waals surface area contributed by atoms with E-state index < -0.39 is 0 Å². The SMILES string of the molecule is OCCC1CCCN1c1nnns1. The first-order valence-electron chi connectivity index (χ1n) is 4.44. The fourth-order valence-electron chi connectivity index (χ4n) is 1.78. The average Bonchev–Trinajstić information content (AvgIpc) is 2.71. The third kappa shape index (κ3) is 1.78. The summed E-state index contributed by atoms with van der Waals surface area (Å²) in [7, 11) is 0. The Morgan fingerprint density at radius 3 is 3.23 bits per heavy atom. The summed E-state index contributed by atoms with van der Waals surface area (Å²) in [6.07, 6.45) is 3.13. The lowest BCUT2D eigenvalue weighted by atomic mass is 10.2. The molecule has 5 nitrogen and oxygen atoms in total. The quantitative estimate of drug-likeness (QED) is 0.759. The van der Waals surface area contributed by atoms with E-state index in [1.807, 2.05) is 0 Å². The van der Waals surface area contributed by atoms with Crippen molar-refractivity contribution in [1.82, 2.24) is 14.8 Å². The Kier molecular flexibility index (Phi) is 2.70. The zero-order valence-electron chi connectivity index (χ0n) is 7.26. The van der Waals surface area contributed by atoms with E-state index in [-0.39, 0.29) is 6.61 Å². The molecule has 1 aliphatic rings. The summed E-state index contributed by atoms with van der Waals surface area (Å²) in [5, 5.41) is 17.3. The van der Waals surface area contributed by atoms with Crippen molar-refractivity contribution in [3.05, 3.63) is 0 Å². The molecule has 1 N–H and O–H groups in total. The van der Waals surface area contributed by atoms with Gasteiger partial charge in [0.1, 0.15) is 0 Å². The molecule has 0 amide bonds. The van der Waals surface area contributed by atoms with E-state index in [9.17, 15) is 0 Å². The predicted octanol–water partition coefficient (Wildman–Crippen LogP) is 0.284. The maximum Gasteiger partial charge on any atom is 0.228 e. The normalized spacial score (nSPS) is 22.5. The van der Waals surface area contributed by atoms with Gasteiger partial charge in [-0.1, -0.05) is 9.59 Å². The highest BCUT2D eigenvalue weighted by Crippen LogP contribution is 2.26. The summed E-state index contributed by atoms with van der Waals surface area (Å²) >= 11 is 1.32. The van der Waals surface area contributed by atoms with Gasteiger partial charge in [0.2, 0.25) is 5.13 Å². The molecule has 0 radical (unpaired) electrons. The minimum atomic E-state index is 0.243. The molecule has 1 atom stereocenters. The Hall–Kier alpha value is -0.750. The fraction of sp³-hybridized carbons (Fsp3) is 0.857. The van der Waals surface area contributed by atoms with Crippen molar-refractivity contribution in [2.75, 3.05) is 18.1 Å². The number of anilines is 1. The highest BCUT2D eigenvalue weighted by atomic mass is 32.1. The zero-order valence-corrected chi connectivity index (χ0v) is 8.07. The van der Waals surface area contributed by atoms with E-state index >= 15 is 0 Å². The standard InChI is InChI=1S/C7H12N4OS/c12-5-3-6-2-1-4-11(6)7-8-9-10-13-7/h6,12H,1-5H2. The van der Waals surface area contributed by atoms with Crippen LogP contribution in [0.4, 0.5) is 5.13 Å². The molecule has 6 heteroatoms. The van der Waals surface area contributed by atoms with Crippen molar-refractivity contribution < 1.29 is 5.11 Å². The molecule has 1 aromatic rings. The third-order valence-electron chi connectivity index (χ3n) is 2.37. The smallest absolute Gasteiger partial charge is 0.228 e. The molecular weight excluding hydrogens is 188 g/mol. The lowest BCUT2D eigenvalue weighted by Gasteiger charge is -2.21. The molecule has 2 heterocycles. The topological polar surface area (TPSA) is 62.1 Å². The number of aromatic nitrogens is 3. The second-order valence-electron chi connectivity index (χ2n) is 3.15. The van der Waals surface area contributed by atoms with Gasteiger partial charge >= 0.3 is 0 Å². The Morgan fingerprint density at radius 2 is 2.54 bits per heavy atom. The van der Waals surface area contributed by atoms with Crippen LogP contribution in [0.1, 0.15) is 19.3 Å². The molecule has 0 bridgehead atoms. The van der Waals surface area contributed by atoms with Gasteiger partial charge in [-0.15, -0.1) is 0 Å². The Bertz CT molecular complexity index is 253. The van der Waals surface area contributed by atoms with Gasteiger partial charge in [0.25, 0.3) is 0 Å². The average molecular weight is 200 g/mol. The van der Waals surface area contributed by atoms with Crippen LogP contribution in [-0.4, -0.2) is 39.1 Å². The lowest BCUT2D eigenvalue weighted by Crippen LogP contribution is -2.29. The molecule has 13 heavy (non-hydrogen) atoms. The molecule has 0 aromatic carbocycles. The summed E-state index contributed by atoms with van der Waals surface area (Å²) in [5.74, 6) is 0. The second kappa shape index (κ2) is 3.97. The van der Waals surface area contributed by atoms with Crippen molar-refractivity contribution in [3.8, 4) is 0 Å². The van der Waals surface area contributed by atoms with Crippen LogP contribution >= 0.6 is 11.5 Å². The van der Waals surface area contributed by atoms with Crippen molar-refractivity contribution in [1.29, 1.82) is 0 Å². The maximum atomic E-state index is 8.87. The van der Waals surface area contributed by atoms with Gasteiger partial charge in [0, 0.05) is 30.7 Å². The van der Waals surface area contributed by atoms with E-state index in [0.29, 0.717) is 6.04 Å². The monoisotopic (exact) mass is 200 g/mol. The van der Waals surface area contributed by atoms with Gasteiger partial charge in [-0.05, 0) is 24.5 Å². The fourth-order valence-corrected chi connectivity index (χ4v) is 2.34. The number of aliphatic hydroxyl groups excluding tert-OH is 1. The first-order chi connectivity index (χ1) is 6.42. The van der Waals surface area contributed by atoms with Crippen molar-refractivity contribution >= 4 is 16.7 Å². The van der Waals surface area contributed by atoms with Crippen LogP contribution < -0.4 is 4.90 Å². The van der Waals surface area contributed by atoms with Crippen molar-refractivity contribution in [2.24, 2.45) is 0 Å². The number of nitrogens with zero attached hydrogens (tertiary/aromatic N) is 4. The van der Waals surface area contributed by atoms with Crippen LogP contribution in [0.25, 0.3) is 0 Å². The summed E-state index contributed by atoms with van der Waals surface area (Å²) < 4.78 is 3.74. The van der Waals surface area contributed by atoms with Gasteiger partial charge < -0.3 is 10.0 Å². The predicted molar refractivity (Wildman–Crippen MR) is 49.8 cm³/mol. The van der Waals surface area contributed by atoms with Crippen LogP contribution in [0.3, 0.4) is 0 Å². The highest BCUT2D eigenvalue weighted by molar-refractivity contribution is 7.09. The highest BCUT2D eigenvalue weighted by Gasteiger charge is 2.26. The van der Waals surface area contributed by atoms with Gasteiger partial charge in [-0.3, -0.25) is 0 Å². The summed E-state index contributed by atoms with van der Waals surface area (Å²) in [6.45, 7) is 1.26. The molecule has 0 spiro atoms. The number of aliphatic hydroxyl groups is 1. The van der Waals surface area contributed by atoms with E-state index in [1.54, 1.807) is 0 Å². The van der Waals surface area contributed by atoms with E-state index in [0.717, 1.165) is 24.5 Å². The Labute approximate surface area is 80.5 Å². The molecule has 0 saturated carbocycles. The number of hydrogen-bond acceptors (Lipinski definition) is 6. The molecule has 1 saturated heterocycles. The summed E-state index contributed by atoms with van der Waals surface area (Å²) in [4.78, 5) is 2.20. The molecular formula is C7H12N4OS. The summed E-state index contributed by atoms with van der Waals surface area (Å²) in [5.41, 5.74) is 0. The van der Waals surface area contributed by atoms with Gasteiger partial charge in [0.05, 0.1) is 0 Å². The molecule has 1 fully saturated rings. The van der Waals surface area contributed by atoms with Crippen molar-refractivity contribution in [3.63, 3.8) is 0 Å². The van der Waals surface area contributed by atoms with Crippen LogP contribution in [0.2, 0.25) is 0 Å². The van der Waals surface area contributed by atoms with Crippen LogP contribution in [-0.2, 0) is 0 Å². The molecule has 72 valence electrons.